The molecule has 7 aliphatic carbocycles. The summed E-state index contributed by atoms with van der Waals surface area (Å²) in [6, 6.07) is 12.3. The number of nitrogens with zero attached hydrogens (tertiary/aromatic N) is 6. The van der Waals surface area contributed by atoms with Crippen LogP contribution in [-0.2, 0) is 10.2 Å². The Kier molecular flexibility index (Phi) is 4.70. The Morgan fingerprint density at radius 3 is 2.51 bits per heavy atom. The molecule has 0 aliphatic heterocycles. The molecule has 7 fully saturated rings. The Morgan fingerprint density at radius 1 is 1.02 bits per heavy atom. The van der Waals surface area contributed by atoms with Crippen molar-refractivity contribution in [2.24, 2.45) is 10.8 Å². The van der Waals surface area contributed by atoms with Gasteiger partial charge in [0, 0.05) is 29.8 Å². The van der Waals surface area contributed by atoms with Crippen LogP contribution in [0.3, 0.4) is 0 Å². The van der Waals surface area contributed by atoms with Gasteiger partial charge >= 0.3 is 0 Å². The van der Waals surface area contributed by atoms with Crippen LogP contribution in [0.4, 0.5) is 10.1 Å². The van der Waals surface area contributed by atoms with Crippen molar-refractivity contribution in [3.63, 3.8) is 0 Å². The number of carbonyl (C=O) groups is 1. The van der Waals surface area contributed by atoms with E-state index in [0.29, 0.717) is 31.7 Å². The number of alkyl halides is 1. The second kappa shape index (κ2) is 8.01. The first-order valence-electron chi connectivity index (χ1n) is 15.1. The summed E-state index contributed by atoms with van der Waals surface area (Å²) in [5.41, 5.74) is 2.10. The van der Waals surface area contributed by atoms with E-state index in [0.717, 1.165) is 72.7 Å². The molecule has 8 nitrogen and oxygen atoms in total. The number of hydrogen-bond acceptors (Lipinski definition) is 6. The number of rotatable bonds is 7. The highest BCUT2D eigenvalue weighted by molar-refractivity contribution is 6.00. The van der Waals surface area contributed by atoms with Crippen molar-refractivity contribution in [2.45, 2.75) is 87.6 Å². The average molecular weight is 553 g/mol. The summed E-state index contributed by atoms with van der Waals surface area (Å²) in [6.45, 7) is 0.673. The van der Waals surface area contributed by atoms with E-state index in [1.54, 1.807) is 10.8 Å². The zero-order chi connectivity index (χ0) is 27.5. The molecule has 4 bridgehead atoms. The molecule has 0 spiro atoms. The molecular formula is C32H33FN6O2. The first kappa shape index (κ1) is 24.0. The first-order valence-corrected chi connectivity index (χ1v) is 15.1. The number of aromatic nitrogens is 5. The fourth-order valence-corrected chi connectivity index (χ4v) is 8.42. The zero-order valence-corrected chi connectivity index (χ0v) is 23.1. The second-order valence-corrected chi connectivity index (χ2v) is 13.9. The van der Waals surface area contributed by atoms with E-state index < -0.39 is 11.1 Å². The fraction of sp³-hybridized carbons (Fsp3) is 0.531. The van der Waals surface area contributed by atoms with Crippen LogP contribution in [0.15, 0.2) is 53.4 Å². The van der Waals surface area contributed by atoms with Gasteiger partial charge in [0.2, 0.25) is 11.8 Å². The number of carbonyl (C=O) groups excluding carboxylic acids is 1. The highest BCUT2D eigenvalue weighted by atomic mass is 19.1. The van der Waals surface area contributed by atoms with Crippen LogP contribution in [0, 0.1) is 10.8 Å². The summed E-state index contributed by atoms with van der Waals surface area (Å²) >= 11 is 0. The number of amides is 1. The van der Waals surface area contributed by atoms with Gasteiger partial charge in [0.15, 0.2) is 11.5 Å². The van der Waals surface area contributed by atoms with Gasteiger partial charge in [0.05, 0.1) is 5.41 Å². The number of halogens is 1. The third-order valence-corrected chi connectivity index (χ3v) is 11.2. The lowest BCUT2D eigenvalue weighted by Gasteiger charge is -2.65. The Morgan fingerprint density at radius 2 is 1.78 bits per heavy atom. The summed E-state index contributed by atoms with van der Waals surface area (Å²) in [4.78, 5) is 25.4. The second-order valence-electron chi connectivity index (χ2n) is 13.9. The smallest absolute Gasteiger partial charge is 0.233 e. The van der Waals surface area contributed by atoms with Crippen LogP contribution in [0.5, 0.6) is 0 Å². The van der Waals surface area contributed by atoms with Gasteiger partial charge in [-0.15, -0.1) is 0 Å². The maximum atomic E-state index is 14.6. The van der Waals surface area contributed by atoms with E-state index in [1.807, 2.05) is 35.4 Å². The molecule has 1 aromatic carbocycles. The molecule has 9 heteroatoms. The predicted molar refractivity (Wildman–Crippen MR) is 149 cm³/mol. The Hall–Kier alpha value is -3.62. The van der Waals surface area contributed by atoms with Crippen LogP contribution in [0.25, 0.3) is 16.8 Å². The number of hydrogen-bond donors (Lipinski definition) is 0. The lowest BCUT2D eigenvalue weighted by atomic mass is 9.41. The van der Waals surface area contributed by atoms with E-state index in [2.05, 4.69) is 27.4 Å². The molecule has 0 N–H and O–H groups in total. The minimum atomic E-state index is -1.12. The van der Waals surface area contributed by atoms with Crippen LogP contribution in [0.2, 0.25) is 0 Å². The predicted octanol–water partition coefficient (Wildman–Crippen LogP) is 6.17. The molecule has 0 radical (unpaired) electrons. The van der Waals surface area contributed by atoms with Crippen molar-refractivity contribution in [2.75, 3.05) is 11.4 Å². The van der Waals surface area contributed by atoms with Crippen LogP contribution >= 0.6 is 0 Å². The average Bonchev–Trinajstić information content (AvgIpc) is 3.49. The molecule has 0 unspecified atom stereocenters. The molecule has 0 saturated heterocycles. The van der Waals surface area contributed by atoms with Gasteiger partial charge in [0.25, 0.3) is 0 Å². The third kappa shape index (κ3) is 3.59. The lowest BCUT2D eigenvalue weighted by molar-refractivity contribution is -0.211. The van der Waals surface area contributed by atoms with E-state index in [-0.39, 0.29) is 16.7 Å². The van der Waals surface area contributed by atoms with Gasteiger partial charge in [-0.2, -0.15) is 10.1 Å². The molecule has 0 atom stereocenters. The molecule has 3 aromatic heterocycles. The summed E-state index contributed by atoms with van der Waals surface area (Å²) in [6.07, 6.45) is 13.0. The molecule has 7 aliphatic rings. The zero-order valence-electron chi connectivity index (χ0n) is 23.1. The third-order valence-electron chi connectivity index (χ3n) is 11.2. The van der Waals surface area contributed by atoms with E-state index >= 15 is 0 Å². The summed E-state index contributed by atoms with van der Waals surface area (Å²) < 4.78 is 22.2. The lowest BCUT2D eigenvalue weighted by Crippen LogP contribution is -2.71. The molecule has 210 valence electrons. The van der Waals surface area contributed by atoms with Crippen molar-refractivity contribution < 1.29 is 13.7 Å². The summed E-state index contributed by atoms with van der Waals surface area (Å²) in [5.74, 6) is 2.31. The molecular weight excluding hydrogens is 519 g/mol. The maximum absolute atomic E-state index is 14.6. The van der Waals surface area contributed by atoms with Crippen molar-refractivity contribution in [3.8, 4) is 11.1 Å². The molecule has 3 heterocycles. The van der Waals surface area contributed by atoms with Crippen molar-refractivity contribution in [1.29, 1.82) is 0 Å². The summed E-state index contributed by atoms with van der Waals surface area (Å²) in [5, 5.41) is 8.52. The van der Waals surface area contributed by atoms with Crippen molar-refractivity contribution in [1.82, 2.24) is 24.7 Å². The number of anilines is 1. The largest absolute Gasteiger partial charge is 0.339 e. The molecule has 4 aromatic rings. The quantitative estimate of drug-likeness (QED) is 0.272. The Labute approximate surface area is 237 Å². The highest BCUT2D eigenvalue weighted by Crippen LogP contribution is 2.70. The minimum absolute atomic E-state index is 0.0224. The van der Waals surface area contributed by atoms with E-state index in [4.69, 9.17) is 9.51 Å². The Bertz CT molecular complexity index is 1660. The minimum Gasteiger partial charge on any atom is -0.339 e. The number of fused-ring (bicyclic) bond motifs is 4. The van der Waals surface area contributed by atoms with Crippen LogP contribution in [0.1, 0.15) is 88.3 Å². The van der Waals surface area contributed by atoms with Crippen molar-refractivity contribution >= 4 is 17.2 Å². The van der Waals surface area contributed by atoms with Gasteiger partial charge in [-0.25, -0.2) is 13.9 Å². The molecule has 1 amide bonds. The molecule has 11 rings (SSSR count). The number of pyridine rings is 1. The van der Waals surface area contributed by atoms with E-state index in [1.165, 1.54) is 12.8 Å². The van der Waals surface area contributed by atoms with Gasteiger partial charge < -0.3 is 9.42 Å². The maximum Gasteiger partial charge on any atom is 0.233 e. The monoisotopic (exact) mass is 552 g/mol. The Balaban J connectivity index is 1.02. The van der Waals surface area contributed by atoms with Gasteiger partial charge in [-0.05, 0) is 111 Å². The van der Waals surface area contributed by atoms with Gasteiger partial charge in [-0.1, -0.05) is 17.3 Å². The topological polar surface area (TPSA) is 89.4 Å². The highest BCUT2D eigenvalue weighted by Gasteiger charge is 2.73. The van der Waals surface area contributed by atoms with Gasteiger partial charge in [-0.3, -0.25) is 4.79 Å². The van der Waals surface area contributed by atoms with Gasteiger partial charge in [0.1, 0.15) is 12.0 Å². The number of benzene rings is 1. The normalized spacial score (nSPS) is 33.4. The SMILES string of the molecule is O=C(N(CC12CCC(c3nc(C4CC4)no3)(CC1)CC2)c1cccc(-c2ccn3ncnc3c2)c1)C12CC(F)(C1)C2. The van der Waals surface area contributed by atoms with Crippen LogP contribution in [-0.4, -0.2) is 42.9 Å². The van der Waals surface area contributed by atoms with Crippen LogP contribution < -0.4 is 4.90 Å². The van der Waals surface area contributed by atoms with E-state index in [9.17, 15) is 9.18 Å². The fourth-order valence-electron chi connectivity index (χ4n) is 8.42. The first-order chi connectivity index (χ1) is 19.9. The molecule has 41 heavy (non-hydrogen) atoms. The standard InChI is InChI=1S/C32H33FN6O2/c33-32-16-31(17-32,18-32)28(40)38(24-3-1-2-22(14-24)23-6-13-39-25(15-23)34-20-35-39)19-29-7-10-30(11-8-29,12-9-29)27-36-26(37-41-27)21-4-5-21/h1-3,6,13-15,20-21H,4-5,7-12,16-19H2. The van der Waals surface area contributed by atoms with Crippen molar-refractivity contribution in [3.05, 3.63) is 60.6 Å². The summed E-state index contributed by atoms with van der Waals surface area (Å²) in [7, 11) is 0. The molecule has 7 saturated carbocycles.